The van der Waals surface area contributed by atoms with Crippen molar-refractivity contribution in [2.24, 2.45) is 0 Å². The second-order valence-corrected chi connectivity index (χ2v) is 16.1. The highest BCUT2D eigenvalue weighted by Crippen LogP contribution is 2.44. The Bertz CT molecular complexity index is 3330. The molecule has 0 saturated heterocycles. The average Bonchev–Trinajstić information content (AvgIpc) is 3.38. The van der Waals surface area contributed by atoms with Crippen molar-refractivity contribution in [2.45, 2.75) is 0 Å². The molecule has 302 valence electrons. The van der Waals surface area contributed by atoms with Crippen LogP contribution in [-0.2, 0) is 0 Å². The Hall–Kier alpha value is -8.46. The van der Waals surface area contributed by atoms with E-state index >= 15 is 0 Å². The van der Waals surface area contributed by atoms with Gasteiger partial charge >= 0.3 is 0 Å². The van der Waals surface area contributed by atoms with E-state index in [0.29, 0.717) is 0 Å². The molecule has 11 aromatic rings. The summed E-state index contributed by atoms with van der Waals surface area (Å²) >= 11 is 0. The van der Waals surface area contributed by atoms with Crippen molar-refractivity contribution in [2.75, 3.05) is 9.80 Å². The molecular weight excluding hydrogens is 773 g/mol. The van der Waals surface area contributed by atoms with E-state index in [4.69, 9.17) is 0 Å². The van der Waals surface area contributed by atoms with Crippen LogP contribution in [0.15, 0.2) is 267 Å². The fourth-order valence-electron chi connectivity index (χ4n) is 9.10. The lowest BCUT2D eigenvalue weighted by atomic mass is 9.92. The minimum absolute atomic E-state index is 1.10. The van der Waals surface area contributed by atoms with Gasteiger partial charge in [-0.05, 0) is 116 Å². The number of nitrogens with zero attached hydrogens (tertiary/aromatic N) is 2. The van der Waals surface area contributed by atoms with Gasteiger partial charge in [0, 0.05) is 33.5 Å². The standard InChI is InChI=1S/C62H44N2/c1-4-16-45(17-5-1)47-34-38-54(39-35-47)63(61-28-14-22-49-20-10-12-26-58(49)61)55-40-36-48(37-41-55)46-30-32-52(33-31-46)57-43-42-56(44-60(57)51-18-6-2-7-19-51)64(53-24-8-3-9-25-53)62-29-15-23-50-21-11-13-27-59(50)62/h1-44H. The van der Waals surface area contributed by atoms with Crippen LogP contribution in [0.5, 0.6) is 0 Å². The van der Waals surface area contributed by atoms with Gasteiger partial charge in [0.2, 0.25) is 0 Å². The van der Waals surface area contributed by atoms with E-state index in [1.165, 1.54) is 66.1 Å². The largest absolute Gasteiger partial charge is 0.310 e. The topological polar surface area (TPSA) is 6.48 Å². The van der Waals surface area contributed by atoms with Gasteiger partial charge in [-0.25, -0.2) is 0 Å². The van der Waals surface area contributed by atoms with E-state index in [1.807, 2.05) is 0 Å². The number of para-hydroxylation sites is 1. The Morgan fingerprint density at radius 2 is 0.547 bits per heavy atom. The predicted molar refractivity (Wildman–Crippen MR) is 273 cm³/mol. The number of fused-ring (bicyclic) bond motifs is 2. The van der Waals surface area contributed by atoms with Crippen LogP contribution in [-0.4, -0.2) is 0 Å². The fraction of sp³-hybridized carbons (Fsp3) is 0. The quantitative estimate of drug-likeness (QED) is 0.136. The summed E-state index contributed by atoms with van der Waals surface area (Å²) in [4.78, 5) is 4.75. The first-order valence-corrected chi connectivity index (χ1v) is 21.9. The molecular formula is C62H44N2. The number of anilines is 6. The Morgan fingerprint density at radius 1 is 0.203 bits per heavy atom. The van der Waals surface area contributed by atoms with E-state index in [9.17, 15) is 0 Å². The van der Waals surface area contributed by atoms with Crippen LogP contribution in [0.3, 0.4) is 0 Å². The maximum atomic E-state index is 2.38. The van der Waals surface area contributed by atoms with Gasteiger partial charge in [-0.1, -0.05) is 206 Å². The first-order valence-electron chi connectivity index (χ1n) is 21.9. The van der Waals surface area contributed by atoms with Crippen molar-refractivity contribution in [3.63, 3.8) is 0 Å². The predicted octanol–water partition coefficient (Wildman–Crippen LogP) is 17.6. The third-order valence-corrected chi connectivity index (χ3v) is 12.3. The summed E-state index contributed by atoms with van der Waals surface area (Å²) in [6.07, 6.45) is 0. The Labute approximate surface area is 375 Å². The van der Waals surface area contributed by atoms with Gasteiger partial charge in [0.25, 0.3) is 0 Å². The highest BCUT2D eigenvalue weighted by Gasteiger charge is 2.19. The molecule has 0 saturated carbocycles. The molecule has 2 nitrogen and oxygen atoms in total. The lowest BCUT2D eigenvalue weighted by Gasteiger charge is -2.28. The van der Waals surface area contributed by atoms with E-state index in [2.05, 4.69) is 277 Å². The molecule has 0 unspecified atom stereocenters. The minimum atomic E-state index is 1.10. The molecule has 0 aliphatic carbocycles. The third kappa shape index (κ3) is 7.48. The van der Waals surface area contributed by atoms with Crippen molar-refractivity contribution in [3.05, 3.63) is 267 Å². The molecule has 0 bridgehead atoms. The molecule has 0 amide bonds. The van der Waals surface area contributed by atoms with Crippen LogP contribution in [0.2, 0.25) is 0 Å². The minimum Gasteiger partial charge on any atom is -0.310 e. The van der Waals surface area contributed by atoms with Crippen molar-refractivity contribution >= 4 is 55.7 Å². The van der Waals surface area contributed by atoms with Crippen LogP contribution in [0.25, 0.3) is 66.1 Å². The van der Waals surface area contributed by atoms with Crippen LogP contribution >= 0.6 is 0 Å². The fourth-order valence-corrected chi connectivity index (χ4v) is 9.10. The van der Waals surface area contributed by atoms with Crippen LogP contribution in [0.4, 0.5) is 34.1 Å². The van der Waals surface area contributed by atoms with E-state index in [1.54, 1.807) is 0 Å². The van der Waals surface area contributed by atoms with Crippen LogP contribution < -0.4 is 9.80 Å². The van der Waals surface area contributed by atoms with Crippen molar-refractivity contribution in [3.8, 4) is 44.5 Å². The second-order valence-electron chi connectivity index (χ2n) is 16.1. The maximum Gasteiger partial charge on any atom is 0.0540 e. The maximum absolute atomic E-state index is 2.38. The third-order valence-electron chi connectivity index (χ3n) is 12.3. The summed E-state index contributed by atoms with van der Waals surface area (Å²) in [6.45, 7) is 0. The number of rotatable bonds is 10. The molecule has 0 N–H and O–H groups in total. The molecule has 0 aliphatic rings. The molecule has 0 fully saturated rings. The molecule has 0 radical (unpaired) electrons. The van der Waals surface area contributed by atoms with Crippen LogP contribution in [0, 0.1) is 0 Å². The molecule has 0 aromatic heterocycles. The SMILES string of the molecule is c1ccc(-c2ccc(N(c3ccc(-c4ccc(-c5ccc(N(c6ccccc6)c6cccc7ccccc67)cc5-c5ccccc5)cc4)cc3)c3cccc4ccccc34)cc2)cc1. The van der Waals surface area contributed by atoms with Gasteiger partial charge in [0.1, 0.15) is 0 Å². The molecule has 2 heteroatoms. The molecule has 0 atom stereocenters. The monoisotopic (exact) mass is 816 g/mol. The van der Waals surface area contributed by atoms with E-state index < -0.39 is 0 Å². The lowest BCUT2D eigenvalue weighted by Crippen LogP contribution is -2.10. The Morgan fingerprint density at radius 3 is 1.08 bits per heavy atom. The molecule has 0 heterocycles. The first-order chi connectivity index (χ1) is 31.7. The zero-order valence-corrected chi connectivity index (χ0v) is 35.3. The van der Waals surface area contributed by atoms with Gasteiger partial charge in [0.15, 0.2) is 0 Å². The summed E-state index contributed by atoms with van der Waals surface area (Å²) in [5.41, 5.74) is 16.2. The Balaban J connectivity index is 0.948. The number of hydrogen-bond acceptors (Lipinski definition) is 2. The molecule has 11 rings (SSSR count). The highest BCUT2D eigenvalue weighted by molar-refractivity contribution is 6.01. The van der Waals surface area contributed by atoms with Gasteiger partial charge in [-0.3, -0.25) is 0 Å². The van der Waals surface area contributed by atoms with Crippen molar-refractivity contribution in [1.82, 2.24) is 0 Å². The zero-order valence-electron chi connectivity index (χ0n) is 35.3. The van der Waals surface area contributed by atoms with Crippen molar-refractivity contribution in [1.29, 1.82) is 0 Å². The molecule has 0 spiro atoms. The lowest BCUT2D eigenvalue weighted by molar-refractivity contribution is 1.30. The Kier molecular flexibility index (Phi) is 10.3. The first kappa shape index (κ1) is 38.5. The number of benzene rings is 11. The van der Waals surface area contributed by atoms with Gasteiger partial charge in [-0.15, -0.1) is 0 Å². The highest BCUT2D eigenvalue weighted by atomic mass is 15.1. The summed E-state index contributed by atoms with van der Waals surface area (Å²) in [7, 11) is 0. The molecule has 64 heavy (non-hydrogen) atoms. The van der Waals surface area contributed by atoms with Crippen LogP contribution in [0.1, 0.15) is 0 Å². The zero-order chi connectivity index (χ0) is 42.7. The van der Waals surface area contributed by atoms with Gasteiger partial charge in [0.05, 0.1) is 11.4 Å². The second kappa shape index (κ2) is 17.1. The van der Waals surface area contributed by atoms with E-state index in [-0.39, 0.29) is 0 Å². The normalized spacial score (nSPS) is 11.1. The van der Waals surface area contributed by atoms with Crippen molar-refractivity contribution < 1.29 is 0 Å². The van der Waals surface area contributed by atoms with Gasteiger partial charge in [-0.2, -0.15) is 0 Å². The summed E-state index contributed by atoms with van der Waals surface area (Å²) < 4.78 is 0. The summed E-state index contributed by atoms with van der Waals surface area (Å²) in [5, 5.41) is 4.85. The summed E-state index contributed by atoms with van der Waals surface area (Å²) in [6, 6.07) is 96.2. The number of hydrogen-bond donors (Lipinski definition) is 0. The smallest absolute Gasteiger partial charge is 0.0540 e. The van der Waals surface area contributed by atoms with Gasteiger partial charge < -0.3 is 9.80 Å². The van der Waals surface area contributed by atoms with E-state index in [0.717, 1.165) is 34.1 Å². The summed E-state index contributed by atoms with van der Waals surface area (Å²) in [5.74, 6) is 0. The average molecular weight is 817 g/mol. The molecule has 0 aliphatic heterocycles. The molecule has 11 aromatic carbocycles.